The largest absolute Gasteiger partial charge is 0.486 e. The summed E-state index contributed by atoms with van der Waals surface area (Å²) >= 11 is 5.98. The highest BCUT2D eigenvalue weighted by molar-refractivity contribution is 7.90. The smallest absolute Gasteiger partial charge is 0.264 e. The zero-order valence-electron chi connectivity index (χ0n) is 12.9. The van der Waals surface area contributed by atoms with E-state index in [1.165, 1.54) is 24.3 Å². The number of amides is 1. The molecular formula is C17H14ClNO5S. The van der Waals surface area contributed by atoms with Crippen molar-refractivity contribution in [3.05, 3.63) is 59.1 Å². The number of rotatable bonds is 4. The van der Waals surface area contributed by atoms with Crippen LogP contribution in [0.2, 0.25) is 5.02 Å². The van der Waals surface area contributed by atoms with Gasteiger partial charge in [-0.3, -0.25) is 4.79 Å². The van der Waals surface area contributed by atoms with E-state index in [0.717, 1.165) is 6.08 Å². The first-order valence-electron chi connectivity index (χ1n) is 7.35. The average Bonchev–Trinajstić information content (AvgIpc) is 2.60. The van der Waals surface area contributed by atoms with Crippen molar-refractivity contribution >= 4 is 33.6 Å². The van der Waals surface area contributed by atoms with Gasteiger partial charge in [0.15, 0.2) is 11.5 Å². The fourth-order valence-electron chi connectivity index (χ4n) is 2.19. The molecule has 1 aliphatic heterocycles. The first-order valence-corrected chi connectivity index (χ1v) is 9.21. The topological polar surface area (TPSA) is 81.7 Å². The van der Waals surface area contributed by atoms with Crippen LogP contribution in [0.4, 0.5) is 0 Å². The average molecular weight is 380 g/mol. The maximum absolute atomic E-state index is 12.3. The fraction of sp³-hybridized carbons (Fsp3) is 0.118. The molecule has 130 valence electrons. The molecule has 1 aliphatic rings. The molecule has 1 N–H and O–H groups in total. The Kier molecular flexibility index (Phi) is 4.96. The summed E-state index contributed by atoms with van der Waals surface area (Å²) in [7, 11) is -4.03. The molecule has 0 spiro atoms. The zero-order chi connectivity index (χ0) is 17.9. The predicted octanol–water partition coefficient (Wildman–Crippen LogP) is 2.63. The fourth-order valence-corrected chi connectivity index (χ4v) is 3.35. The Bertz CT molecular complexity index is 940. The second kappa shape index (κ2) is 7.16. The van der Waals surface area contributed by atoms with Crippen LogP contribution in [0.15, 0.2) is 53.4 Å². The van der Waals surface area contributed by atoms with Gasteiger partial charge in [0.25, 0.3) is 15.9 Å². The van der Waals surface area contributed by atoms with Gasteiger partial charge in [-0.25, -0.2) is 13.1 Å². The minimum atomic E-state index is -4.03. The lowest BCUT2D eigenvalue weighted by Crippen LogP contribution is -2.29. The number of nitrogens with one attached hydrogen (secondary N) is 1. The van der Waals surface area contributed by atoms with Crippen LogP contribution in [0.1, 0.15) is 5.56 Å². The van der Waals surface area contributed by atoms with Gasteiger partial charge in [-0.2, -0.15) is 0 Å². The third kappa shape index (κ3) is 4.12. The lowest BCUT2D eigenvalue weighted by Gasteiger charge is -2.18. The van der Waals surface area contributed by atoms with E-state index in [1.54, 1.807) is 24.3 Å². The molecule has 0 unspecified atom stereocenters. The molecule has 6 nitrogen and oxygen atoms in total. The van der Waals surface area contributed by atoms with E-state index in [-0.39, 0.29) is 4.90 Å². The van der Waals surface area contributed by atoms with Gasteiger partial charge in [0, 0.05) is 17.2 Å². The molecule has 2 aromatic rings. The van der Waals surface area contributed by atoms with Crippen LogP contribution >= 0.6 is 11.6 Å². The van der Waals surface area contributed by atoms with E-state index in [4.69, 9.17) is 21.1 Å². The second-order valence-electron chi connectivity index (χ2n) is 5.13. The monoisotopic (exact) mass is 379 g/mol. The van der Waals surface area contributed by atoms with Crippen molar-refractivity contribution in [1.29, 1.82) is 0 Å². The zero-order valence-corrected chi connectivity index (χ0v) is 14.5. The van der Waals surface area contributed by atoms with E-state index >= 15 is 0 Å². The lowest BCUT2D eigenvalue weighted by atomic mass is 10.2. The third-order valence-corrected chi connectivity index (χ3v) is 5.07. The van der Waals surface area contributed by atoms with Crippen molar-refractivity contribution < 1.29 is 22.7 Å². The van der Waals surface area contributed by atoms with Gasteiger partial charge in [0.1, 0.15) is 13.2 Å². The summed E-state index contributed by atoms with van der Waals surface area (Å²) in [5.41, 5.74) is 0.607. The van der Waals surface area contributed by atoms with Crippen LogP contribution < -0.4 is 14.2 Å². The van der Waals surface area contributed by atoms with Gasteiger partial charge in [0.05, 0.1) is 4.90 Å². The first kappa shape index (κ1) is 17.3. The van der Waals surface area contributed by atoms with Crippen molar-refractivity contribution in [3.8, 4) is 11.5 Å². The summed E-state index contributed by atoms with van der Waals surface area (Å²) in [6, 6.07) is 11.1. The minimum absolute atomic E-state index is 0.0868. The molecule has 1 heterocycles. The van der Waals surface area contributed by atoms with E-state index in [9.17, 15) is 13.2 Å². The number of fused-ring (bicyclic) bond motifs is 1. The van der Waals surface area contributed by atoms with Crippen molar-refractivity contribution in [1.82, 2.24) is 4.72 Å². The number of sulfonamides is 1. The minimum Gasteiger partial charge on any atom is -0.486 e. The first-order chi connectivity index (χ1) is 12.0. The molecule has 1 amide bonds. The highest BCUT2D eigenvalue weighted by Gasteiger charge is 2.20. The molecule has 0 saturated carbocycles. The Morgan fingerprint density at radius 3 is 2.56 bits per heavy atom. The standard InChI is InChI=1S/C17H14ClNO5S/c18-14-4-2-1-3-12(14)5-8-17(20)19-25(21,22)13-6-7-15-16(11-13)24-10-9-23-15/h1-8,11H,9-10H2,(H,19,20)/b8-5+. The van der Waals surface area contributed by atoms with Crippen LogP contribution in [0.3, 0.4) is 0 Å². The summed E-state index contributed by atoms with van der Waals surface area (Å²) in [6.07, 6.45) is 2.55. The van der Waals surface area contributed by atoms with Crippen LogP contribution in [0.5, 0.6) is 11.5 Å². The Morgan fingerprint density at radius 2 is 1.80 bits per heavy atom. The molecule has 0 aliphatic carbocycles. The summed E-state index contributed by atoms with van der Waals surface area (Å²) in [5.74, 6) is 0.0122. The van der Waals surface area contributed by atoms with E-state index in [0.29, 0.717) is 35.3 Å². The highest BCUT2D eigenvalue weighted by atomic mass is 35.5. The van der Waals surface area contributed by atoms with Gasteiger partial charge in [-0.05, 0) is 29.8 Å². The summed E-state index contributed by atoms with van der Waals surface area (Å²) < 4.78 is 37.3. The Labute approximate surface area is 150 Å². The maximum atomic E-state index is 12.3. The number of carbonyl (C=O) groups is 1. The molecule has 3 rings (SSSR count). The third-order valence-electron chi connectivity index (χ3n) is 3.38. The van der Waals surface area contributed by atoms with E-state index in [1.807, 2.05) is 4.72 Å². The molecule has 2 aromatic carbocycles. The molecule has 0 aromatic heterocycles. The van der Waals surface area contributed by atoms with Crippen molar-refractivity contribution in [2.75, 3.05) is 13.2 Å². The van der Waals surface area contributed by atoms with E-state index < -0.39 is 15.9 Å². The Hall–Kier alpha value is -2.51. The van der Waals surface area contributed by atoms with Gasteiger partial charge < -0.3 is 9.47 Å². The van der Waals surface area contributed by atoms with Gasteiger partial charge in [0.2, 0.25) is 0 Å². The van der Waals surface area contributed by atoms with Gasteiger partial charge in [-0.15, -0.1) is 0 Å². The SMILES string of the molecule is O=C(/C=C/c1ccccc1Cl)NS(=O)(=O)c1ccc2c(c1)OCCO2. The van der Waals surface area contributed by atoms with Gasteiger partial charge >= 0.3 is 0 Å². The quantitative estimate of drug-likeness (QED) is 0.826. The number of carbonyl (C=O) groups excluding carboxylic acids is 1. The molecule has 0 bridgehead atoms. The van der Waals surface area contributed by atoms with Crippen LogP contribution in [0, 0.1) is 0 Å². The van der Waals surface area contributed by atoms with Crippen molar-refractivity contribution in [3.63, 3.8) is 0 Å². The van der Waals surface area contributed by atoms with Gasteiger partial charge in [-0.1, -0.05) is 29.8 Å². The maximum Gasteiger partial charge on any atom is 0.264 e. The molecule has 8 heteroatoms. The molecule has 0 radical (unpaired) electrons. The Morgan fingerprint density at radius 1 is 1.08 bits per heavy atom. The Balaban J connectivity index is 1.75. The number of halogens is 1. The molecule has 0 saturated heterocycles. The number of benzene rings is 2. The van der Waals surface area contributed by atoms with Crippen LogP contribution in [0.25, 0.3) is 6.08 Å². The molecular weight excluding hydrogens is 366 g/mol. The number of hydrogen-bond acceptors (Lipinski definition) is 5. The summed E-state index contributed by atoms with van der Waals surface area (Å²) in [6.45, 7) is 0.742. The van der Waals surface area contributed by atoms with Crippen LogP contribution in [-0.4, -0.2) is 27.5 Å². The second-order valence-corrected chi connectivity index (χ2v) is 7.22. The normalized spacial score (nSPS) is 13.6. The van der Waals surface area contributed by atoms with E-state index in [2.05, 4.69) is 0 Å². The molecule has 0 atom stereocenters. The van der Waals surface area contributed by atoms with Crippen molar-refractivity contribution in [2.24, 2.45) is 0 Å². The van der Waals surface area contributed by atoms with Crippen LogP contribution in [-0.2, 0) is 14.8 Å². The molecule has 25 heavy (non-hydrogen) atoms. The number of hydrogen-bond donors (Lipinski definition) is 1. The highest BCUT2D eigenvalue weighted by Crippen LogP contribution is 2.32. The predicted molar refractivity (Wildman–Crippen MR) is 93.2 cm³/mol. The summed E-state index contributed by atoms with van der Waals surface area (Å²) in [5, 5.41) is 0.459. The lowest BCUT2D eigenvalue weighted by molar-refractivity contribution is -0.114. The van der Waals surface area contributed by atoms with Crippen molar-refractivity contribution in [2.45, 2.75) is 4.90 Å². The number of ether oxygens (including phenoxy) is 2. The summed E-state index contributed by atoms with van der Waals surface area (Å²) in [4.78, 5) is 11.8. The molecule has 0 fully saturated rings.